The van der Waals surface area contributed by atoms with Crippen molar-refractivity contribution in [3.8, 4) is 0 Å². The third-order valence-electron chi connectivity index (χ3n) is 4.36. The second-order valence-corrected chi connectivity index (χ2v) is 5.90. The van der Waals surface area contributed by atoms with Crippen LogP contribution in [0.1, 0.15) is 22.5 Å². The molecule has 0 saturated carbocycles. The zero-order valence-electron chi connectivity index (χ0n) is 13.1. The van der Waals surface area contributed by atoms with E-state index in [-0.39, 0.29) is 11.4 Å². The first-order valence-electron chi connectivity index (χ1n) is 7.83. The van der Waals surface area contributed by atoms with E-state index >= 15 is 0 Å². The molecule has 1 aliphatic rings. The SMILES string of the molecule is O=C(c1n[nH]c2ccccc2c1=O)N1CCCc2cc(F)c(F)cc21. The molecule has 0 atom stereocenters. The average molecular weight is 341 g/mol. The van der Waals surface area contributed by atoms with Crippen molar-refractivity contribution in [3.05, 3.63) is 69.5 Å². The van der Waals surface area contributed by atoms with Crippen LogP contribution in [0.5, 0.6) is 0 Å². The molecule has 1 amide bonds. The number of H-pyrrole nitrogens is 1. The van der Waals surface area contributed by atoms with E-state index in [1.165, 1.54) is 4.90 Å². The molecular formula is C18H13F2N3O2. The van der Waals surface area contributed by atoms with Crippen molar-refractivity contribution in [2.45, 2.75) is 12.8 Å². The standard InChI is InChI=1S/C18H13F2N3O2/c19-12-8-10-4-3-7-23(15(10)9-13(12)20)18(25)16-17(24)11-5-1-2-6-14(11)21-22-16/h1-2,5-6,8-9H,3-4,7H2,(H,21,24). The first-order chi connectivity index (χ1) is 12.1. The minimum atomic E-state index is -1.03. The maximum atomic E-state index is 13.6. The van der Waals surface area contributed by atoms with Crippen LogP contribution in [0.4, 0.5) is 14.5 Å². The molecule has 0 saturated heterocycles. The highest BCUT2D eigenvalue weighted by Gasteiger charge is 2.28. The summed E-state index contributed by atoms with van der Waals surface area (Å²) in [5.74, 6) is -2.60. The van der Waals surface area contributed by atoms with Gasteiger partial charge < -0.3 is 4.90 Å². The van der Waals surface area contributed by atoms with Gasteiger partial charge in [-0.15, -0.1) is 0 Å². The highest BCUT2D eigenvalue weighted by atomic mass is 19.2. The Hall–Kier alpha value is -3.09. The number of benzene rings is 2. The van der Waals surface area contributed by atoms with Gasteiger partial charge in [-0.3, -0.25) is 14.7 Å². The van der Waals surface area contributed by atoms with E-state index in [0.29, 0.717) is 35.9 Å². The number of aryl methyl sites for hydroxylation is 1. The number of rotatable bonds is 1. The number of carbonyl (C=O) groups is 1. The summed E-state index contributed by atoms with van der Waals surface area (Å²) in [6, 6.07) is 8.83. The van der Waals surface area contributed by atoms with E-state index in [9.17, 15) is 18.4 Å². The van der Waals surface area contributed by atoms with Crippen LogP contribution in [-0.2, 0) is 6.42 Å². The lowest BCUT2D eigenvalue weighted by molar-refractivity contribution is 0.0978. The van der Waals surface area contributed by atoms with Crippen molar-refractivity contribution in [2.75, 3.05) is 11.4 Å². The Kier molecular flexibility index (Phi) is 3.56. The zero-order valence-corrected chi connectivity index (χ0v) is 13.1. The molecular weight excluding hydrogens is 328 g/mol. The number of anilines is 1. The summed E-state index contributed by atoms with van der Waals surface area (Å²) in [7, 11) is 0. The summed E-state index contributed by atoms with van der Waals surface area (Å²) >= 11 is 0. The zero-order chi connectivity index (χ0) is 17.6. The lowest BCUT2D eigenvalue weighted by Crippen LogP contribution is -2.39. The van der Waals surface area contributed by atoms with Gasteiger partial charge in [0.05, 0.1) is 11.2 Å². The fourth-order valence-corrected chi connectivity index (χ4v) is 3.13. The van der Waals surface area contributed by atoms with Gasteiger partial charge in [0.15, 0.2) is 17.3 Å². The molecule has 3 aromatic rings. The maximum absolute atomic E-state index is 13.6. The number of fused-ring (bicyclic) bond motifs is 2. The second-order valence-electron chi connectivity index (χ2n) is 5.90. The Morgan fingerprint density at radius 3 is 2.76 bits per heavy atom. The predicted octanol–water partition coefficient (Wildman–Crippen LogP) is 2.79. The molecule has 2 heterocycles. The Morgan fingerprint density at radius 1 is 1.16 bits per heavy atom. The number of aromatic amines is 1. The summed E-state index contributed by atoms with van der Waals surface area (Å²) in [6.07, 6.45) is 1.13. The van der Waals surface area contributed by atoms with Crippen LogP contribution < -0.4 is 10.3 Å². The van der Waals surface area contributed by atoms with Gasteiger partial charge in [0.25, 0.3) is 5.91 Å². The van der Waals surface area contributed by atoms with Gasteiger partial charge in [0.2, 0.25) is 5.43 Å². The van der Waals surface area contributed by atoms with Crippen molar-refractivity contribution in [3.63, 3.8) is 0 Å². The van der Waals surface area contributed by atoms with Crippen molar-refractivity contribution in [2.24, 2.45) is 0 Å². The number of amides is 1. The number of nitrogens with one attached hydrogen (secondary N) is 1. The molecule has 2 aromatic carbocycles. The molecule has 25 heavy (non-hydrogen) atoms. The highest BCUT2D eigenvalue weighted by molar-refractivity contribution is 6.06. The smallest absolute Gasteiger partial charge is 0.282 e. The van der Waals surface area contributed by atoms with Crippen LogP contribution in [0.25, 0.3) is 10.9 Å². The molecule has 5 nitrogen and oxygen atoms in total. The van der Waals surface area contributed by atoms with Gasteiger partial charge >= 0.3 is 0 Å². The number of hydrogen-bond donors (Lipinski definition) is 1. The van der Waals surface area contributed by atoms with Crippen LogP contribution in [0.3, 0.4) is 0 Å². The van der Waals surface area contributed by atoms with E-state index in [0.717, 1.165) is 12.1 Å². The van der Waals surface area contributed by atoms with Crippen LogP contribution in [0.15, 0.2) is 41.2 Å². The number of halogens is 2. The number of carbonyl (C=O) groups excluding carboxylic acids is 1. The third-order valence-corrected chi connectivity index (χ3v) is 4.36. The number of para-hydroxylation sites is 1. The normalized spacial score (nSPS) is 13.8. The highest BCUT2D eigenvalue weighted by Crippen LogP contribution is 2.30. The number of nitrogens with zero attached hydrogens (tertiary/aromatic N) is 2. The minimum absolute atomic E-state index is 0.267. The first-order valence-corrected chi connectivity index (χ1v) is 7.83. The van der Waals surface area contributed by atoms with Gasteiger partial charge in [-0.1, -0.05) is 12.1 Å². The molecule has 0 aliphatic carbocycles. The predicted molar refractivity (Wildman–Crippen MR) is 88.7 cm³/mol. The largest absolute Gasteiger partial charge is 0.306 e. The molecule has 4 rings (SSSR count). The fraction of sp³-hybridized carbons (Fsp3) is 0.167. The van der Waals surface area contributed by atoms with Crippen LogP contribution in [0, 0.1) is 11.6 Å². The Labute approximate surface area is 140 Å². The lowest BCUT2D eigenvalue weighted by Gasteiger charge is -2.29. The topological polar surface area (TPSA) is 66.1 Å². The van der Waals surface area contributed by atoms with Gasteiger partial charge in [0, 0.05) is 18.0 Å². The minimum Gasteiger partial charge on any atom is -0.306 e. The van der Waals surface area contributed by atoms with Crippen molar-refractivity contribution < 1.29 is 13.6 Å². The van der Waals surface area contributed by atoms with E-state index in [1.807, 2.05) is 0 Å². The van der Waals surface area contributed by atoms with Crippen molar-refractivity contribution >= 4 is 22.5 Å². The van der Waals surface area contributed by atoms with Gasteiger partial charge in [0.1, 0.15) is 0 Å². The lowest BCUT2D eigenvalue weighted by atomic mass is 10.0. The molecule has 1 aliphatic heterocycles. The van der Waals surface area contributed by atoms with Crippen LogP contribution in [-0.4, -0.2) is 22.6 Å². The summed E-state index contributed by atoms with van der Waals surface area (Å²) < 4.78 is 27.1. The molecule has 1 aromatic heterocycles. The third kappa shape index (κ3) is 2.48. The van der Waals surface area contributed by atoms with E-state index < -0.39 is 23.0 Å². The second kappa shape index (κ2) is 5.77. The summed E-state index contributed by atoms with van der Waals surface area (Å²) in [5.41, 5.74) is 0.585. The Balaban J connectivity index is 1.82. The Bertz CT molecular complexity index is 1060. The van der Waals surface area contributed by atoms with Crippen LogP contribution >= 0.6 is 0 Å². The van der Waals surface area contributed by atoms with Crippen molar-refractivity contribution in [1.82, 2.24) is 10.2 Å². The molecule has 0 bridgehead atoms. The van der Waals surface area contributed by atoms with E-state index in [1.54, 1.807) is 24.3 Å². The monoisotopic (exact) mass is 341 g/mol. The van der Waals surface area contributed by atoms with Gasteiger partial charge in [-0.2, -0.15) is 5.10 Å². The number of hydrogen-bond acceptors (Lipinski definition) is 3. The van der Waals surface area contributed by atoms with Crippen LogP contribution in [0.2, 0.25) is 0 Å². The molecule has 0 unspecified atom stereocenters. The molecule has 0 radical (unpaired) electrons. The van der Waals surface area contributed by atoms with E-state index in [4.69, 9.17) is 0 Å². The molecule has 0 fully saturated rings. The molecule has 126 valence electrons. The number of aromatic nitrogens is 2. The van der Waals surface area contributed by atoms with Gasteiger partial charge in [-0.05, 0) is 36.6 Å². The maximum Gasteiger partial charge on any atom is 0.282 e. The summed E-state index contributed by atoms with van der Waals surface area (Å²) in [5, 5.41) is 6.94. The first kappa shape index (κ1) is 15.4. The summed E-state index contributed by atoms with van der Waals surface area (Å²) in [4.78, 5) is 26.7. The average Bonchev–Trinajstić information content (AvgIpc) is 2.62. The van der Waals surface area contributed by atoms with E-state index in [2.05, 4.69) is 10.2 Å². The molecule has 1 N–H and O–H groups in total. The fourth-order valence-electron chi connectivity index (χ4n) is 3.13. The van der Waals surface area contributed by atoms with Crippen molar-refractivity contribution in [1.29, 1.82) is 0 Å². The Morgan fingerprint density at radius 2 is 1.92 bits per heavy atom. The quantitative estimate of drug-likeness (QED) is 0.740. The van der Waals surface area contributed by atoms with Gasteiger partial charge in [-0.25, -0.2) is 8.78 Å². The molecule has 0 spiro atoms. The molecule has 7 heteroatoms. The summed E-state index contributed by atoms with van der Waals surface area (Å²) in [6.45, 7) is 0.310.